The lowest BCUT2D eigenvalue weighted by Crippen LogP contribution is -2.36. The highest BCUT2D eigenvalue weighted by Gasteiger charge is 2.13. The Balaban J connectivity index is 1.50. The van der Waals surface area contributed by atoms with Gasteiger partial charge in [-0.3, -0.25) is 9.69 Å². The minimum Gasteiger partial charge on any atom is -0.481 e. The number of ether oxygens (including phenoxy) is 2. The first-order valence-electron chi connectivity index (χ1n) is 9.74. The van der Waals surface area contributed by atoms with Gasteiger partial charge in [0.2, 0.25) is 0 Å². The fraction of sp³-hybridized carbons (Fsp3) is 0.292. The normalized spacial score (nSPS) is 14.4. The van der Waals surface area contributed by atoms with Crippen molar-refractivity contribution >= 4 is 11.0 Å². The van der Waals surface area contributed by atoms with E-state index in [1.165, 1.54) is 0 Å². The summed E-state index contributed by atoms with van der Waals surface area (Å²) in [6.45, 7) is 6.18. The van der Waals surface area contributed by atoms with Crippen molar-refractivity contribution in [2.45, 2.75) is 6.92 Å². The van der Waals surface area contributed by atoms with Gasteiger partial charge in [0.15, 0.2) is 5.43 Å². The summed E-state index contributed by atoms with van der Waals surface area (Å²) in [5.74, 6) is 7.39. The summed E-state index contributed by atoms with van der Waals surface area (Å²) in [6.07, 6.45) is 0. The highest BCUT2D eigenvalue weighted by molar-refractivity contribution is 5.81. The molecular weight excluding hydrogens is 366 g/mol. The quantitative estimate of drug-likeness (QED) is 0.640. The second-order valence-electron chi connectivity index (χ2n) is 6.94. The lowest BCUT2D eigenvalue weighted by molar-refractivity contribution is 0.0443. The predicted octanol–water partition coefficient (Wildman–Crippen LogP) is 3.48. The van der Waals surface area contributed by atoms with E-state index in [1.54, 1.807) is 25.1 Å². The van der Waals surface area contributed by atoms with Crippen molar-refractivity contribution in [3.8, 4) is 28.9 Å². The van der Waals surface area contributed by atoms with Crippen molar-refractivity contribution in [1.29, 1.82) is 0 Å². The summed E-state index contributed by atoms with van der Waals surface area (Å²) in [7, 11) is 0. The van der Waals surface area contributed by atoms with Gasteiger partial charge >= 0.3 is 0 Å². The number of morpholine rings is 1. The third-order valence-electron chi connectivity index (χ3n) is 4.97. The first-order valence-corrected chi connectivity index (χ1v) is 9.74. The molecule has 0 radical (unpaired) electrons. The van der Waals surface area contributed by atoms with Crippen LogP contribution in [0, 0.1) is 18.8 Å². The zero-order valence-corrected chi connectivity index (χ0v) is 16.4. The average Bonchev–Trinajstić information content (AvgIpc) is 2.77. The van der Waals surface area contributed by atoms with Gasteiger partial charge in [-0.1, -0.05) is 42.2 Å². The van der Waals surface area contributed by atoms with E-state index >= 15 is 0 Å². The maximum absolute atomic E-state index is 12.7. The third-order valence-corrected chi connectivity index (χ3v) is 4.97. The van der Waals surface area contributed by atoms with E-state index in [0.29, 0.717) is 28.0 Å². The molecule has 3 aromatic rings. The minimum atomic E-state index is -0.0260. The molecule has 1 aliphatic rings. The van der Waals surface area contributed by atoms with Crippen LogP contribution in [-0.2, 0) is 4.74 Å². The molecule has 0 bridgehead atoms. The largest absolute Gasteiger partial charge is 0.481 e. The average molecular weight is 389 g/mol. The lowest BCUT2D eigenvalue weighted by atomic mass is 10.1. The Labute approximate surface area is 169 Å². The zero-order chi connectivity index (χ0) is 20.1. The van der Waals surface area contributed by atoms with Crippen LogP contribution in [0.25, 0.3) is 22.3 Å². The molecule has 0 saturated carbocycles. The van der Waals surface area contributed by atoms with Gasteiger partial charge in [0.05, 0.1) is 25.1 Å². The summed E-state index contributed by atoms with van der Waals surface area (Å²) in [6, 6.07) is 14.9. The number of rotatable bonds is 4. The molecule has 1 fully saturated rings. The third kappa shape index (κ3) is 4.51. The van der Waals surface area contributed by atoms with Crippen molar-refractivity contribution in [2.24, 2.45) is 0 Å². The Kier molecular flexibility index (Phi) is 5.95. The predicted molar refractivity (Wildman–Crippen MR) is 113 cm³/mol. The van der Waals surface area contributed by atoms with E-state index in [4.69, 9.17) is 13.9 Å². The van der Waals surface area contributed by atoms with E-state index < -0.39 is 0 Å². The molecule has 0 atom stereocenters. The SMILES string of the molecule is Cc1c(-c2ccccc2)oc2cc(OCC#CCN3CCOCC3)ccc2c1=O. The molecule has 148 valence electrons. The van der Waals surface area contributed by atoms with Crippen LogP contribution in [0.1, 0.15) is 5.56 Å². The van der Waals surface area contributed by atoms with Crippen LogP contribution in [0.5, 0.6) is 5.75 Å². The molecule has 0 N–H and O–H groups in total. The topological polar surface area (TPSA) is 51.9 Å². The molecule has 0 amide bonds. The molecule has 2 heterocycles. The smallest absolute Gasteiger partial charge is 0.196 e. The van der Waals surface area contributed by atoms with Crippen LogP contribution in [0.15, 0.2) is 57.7 Å². The van der Waals surface area contributed by atoms with Gasteiger partial charge in [-0.2, -0.15) is 0 Å². The van der Waals surface area contributed by atoms with E-state index in [2.05, 4.69) is 16.7 Å². The molecule has 1 aromatic heterocycles. The summed E-state index contributed by atoms with van der Waals surface area (Å²) in [5.41, 5.74) is 1.97. The van der Waals surface area contributed by atoms with Crippen LogP contribution in [0.3, 0.4) is 0 Å². The lowest BCUT2D eigenvalue weighted by Gasteiger charge is -2.24. The van der Waals surface area contributed by atoms with Gasteiger partial charge in [0.25, 0.3) is 0 Å². The van der Waals surface area contributed by atoms with Gasteiger partial charge in [-0.15, -0.1) is 0 Å². The van der Waals surface area contributed by atoms with Gasteiger partial charge in [0.1, 0.15) is 23.7 Å². The van der Waals surface area contributed by atoms with Crippen molar-refractivity contribution in [2.75, 3.05) is 39.5 Å². The highest BCUT2D eigenvalue weighted by Crippen LogP contribution is 2.27. The Bertz CT molecular complexity index is 1100. The van der Waals surface area contributed by atoms with Crippen molar-refractivity contribution < 1.29 is 13.9 Å². The van der Waals surface area contributed by atoms with Crippen molar-refractivity contribution in [3.05, 3.63) is 64.3 Å². The Morgan fingerprint density at radius 2 is 1.86 bits per heavy atom. The number of benzene rings is 2. The number of fused-ring (bicyclic) bond motifs is 1. The van der Waals surface area contributed by atoms with E-state index in [-0.39, 0.29) is 12.0 Å². The van der Waals surface area contributed by atoms with E-state index in [0.717, 1.165) is 38.4 Å². The molecule has 2 aromatic carbocycles. The number of nitrogens with zero attached hydrogens (tertiary/aromatic N) is 1. The first kappa shape index (κ1) is 19.3. The fourth-order valence-corrected chi connectivity index (χ4v) is 3.32. The van der Waals surface area contributed by atoms with Gasteiger partial charge < -0.3 is 13.9 Å². The number of hydrogen-bond donors (Lipinski definition) is 0. The molecule has 0 unspecified atom stereocenters. The minimum absolute atomic E-state index is 0.0260. The Morgan fingerprint density at radius 1 is 1.07 bits per heavy atom. The maximum Gasteiger partial charge on any atom is 0.196 e. The molecule has 1 saturated heterocycles. The molecule has 0 aliphatic carbocycles. The van der Waals surface area contributed by atoms with Gasteiger partial charge in [-0.25, -0.2) is 0 Å². The van der Waals surface area contributed by atoms with Gasteiger partial charge in [0, 0.05) is 30.3 Å². The van der Waals surface area contributed by atoms with Crippen LogP contribution in [0.4, 0.5) is 0 Å². The molecular formula is C24H23NO4. The summed E-state index contributed by atoms with van der Waals surface area (Å²) in [5, 5.41) is 0.549. The van der Waals surface area contributed by atoms with E-state index in [9.17, 15) is 4.79 Å². The van der Waals surface area contributed by atoms with Gasteiger partial charge in [-0.05, 0) is 19.1 Å². The molecule has 5 nitrogen and oxygen atoms in total. The summed E-state index contributed by atoms with van der Waals surface area (Å²) >= 11 is 0. The molecule has 4 rings (SSSR count). The summed E-state index contributed by atoms with van der Waals surface area (Å²) < 4.78 is 17.1. The maximum atomic E-state index is 12.7. The first-order chi connectivity index (χ1) is 14.2. The highest BCUT2D eigenvalue weighted by atomic mass is 16.5. The second-order valence-corrected chi connectivity index (χ2v) is 6.94. The van der Waals surface area contributed by atoms with Crippen LogP contribution < -0.4 is 10.2 Å². The van der Waals surface area contributed by atoms with E-state index in [1.807, 2.05) is 30.3 Å². The second kappa shape index (κ2) is 8.95. The zero-order valence-electron chi connectivity index (χ0n) is 16.4. The van der Waals surface area contributed by atoms with Crippen molar-refractivity contribution in [3.63, 3.8) is 0 Å². The Morgan fingerprint density at radius 3 is 2.66 bits per heavy atom. The standard InChI is InChI=1S/C24H23NO4/c1-18-23(26)21-10-9-20(28-14-6-5-11-25-12-15-27-16-13-25)17-22(21)29-24(18)19-7-3-2-4-8-19/h2-4,7-10,17H,11-16H2,1H3. The Hall–Kier alpha value is -3.07. The van der Waals surface area contributed by atoms with Crippen LogP contribution in [0.2, 0.25) is 0 Å². The molecule has 5 heteroatoms. The summed E-state index contributed by atoms with van der Waals surface area (Å²) in [4.78, 5) is 15.0. The molecule has 1 aliphatic heterocycles. The van der Waals surface area contributed by atoms with Crippen LogP contribution >= 0.6 is 0 Å². The fourth-order valence-electron chi connectivity index (χ4n) is 3.32. The molecule has 29 heavy (non-hydrogen) atoms. The van der Waals surface area contributed by atoms with Crippen molar-refractivity contribution in [1.82, 2.24) is 4.90 Å². The number of hydrogen-bond acceptors (Lipinski definition) is 5. The molecule has 0 spiro atoms. The monoisotopic (exact) mass is 389 g/mol. The van der Waals surface area contributed by atoms with Crippen LogP contribution in [-0.4, -0.2) is 44.4 Å².